The van der Waals surface area contributed by atoms with Crippen molar-refractivity contribution in [2.75, 3.05) is 19.5 Å². The third-order valence-corrected chi connectivity index (χ3v) is 8.47. The minimum atomic E-state index is -0.647. The summed E-state index contributed by atoms with van der Waals surface area (Å²) in [6.45, 7) is 5.66. The smallest absolute Gasteiger partial charge is 0.407 e. The molecule has 3 heterocycles. The summed E-state index contributed by atoms with van der Waals surface area (Å²) in [4.78, 5) is 33.1. The molecule has 2 aromatic carbocycles. The number of benzene rings is 2. The Labute approximate surface area is 267 Å². The van der Waals surface area contributed by atoms with E-state index < -0.39 is 17.5 Å². The van der Waals surface area contributed by atoms with Crippen molar-refractivity contribution in [2.24, 2.45) is 0 Å². The van der Waals surface area contributed by atoms with E-state index in [9.17, 15) is 9.59 Å². The number of anilines is 1. The van der Waals surface area contributed by atoms with E-state index in [1.165, 1.54) is 0 Å². The Kier molecular flexibility index (Phi) is 8.50. The van der Waals surface area contributed by atoms with Crippen LogP contribution >= 0.6 is 0 Å². The first kappa shape index (κ1) is 31.2. The van der Waals surface area contributed by atoms with Gasteiger partial charge in [0.2, 0.25) is 0 Å². The second-order valence-electron chi connectivity index (χ2n) is 12.7. The maximum absolute atomic E-state index is 16.5. The van der Waals surface area contributed by atoms with Crippen molar-refractivity contribution in [3.63, 3.8) is 0 Å². The first-order chi connectivity index (χ1) is 22.1. The number of para-hydroxylation sites is 1. The number of carbonyl (C=O) groups is 2. The number of halogens is 1. The number of ether oxygens (including phenoxy) is 3. The molecule has 2 atom stereocenters. The third-order valence-electron chi connectivity index (χ3n) is 8.47. The molecule has 0 saturated heterocycles. The Morgan fingerprint density at radius 1 is 1.09 bits per heavy atom. The summed E-state index contributed by atoms with van der Waals surface area (Å²) in [7, 11) is 3.12. The van der Waals surface area contributed by atoms with Crippen LogP contribution in [0.4, 0.5) is 15.0 Å². The van der Waals surface area contributed by atoms with Gasteiger partial charge < -0.3 is 34.2 Å². The van der Waals surface area contributed by atoms with Gasteiger partial charge in [-0.2, -0.15) is 0 Å². The Hall–Kier alpha value is -4.80. The molecule has 2 N–H and O–H groups in total. The van der Waals surface area contributed by atoms with Gasteiger partial charge in [0.1, 0.15) is 28.9 Å². The third kappa shape index (κ3) is 6.18. The van der Waals surface area contributed by atoms with Crippen molar-refractivity contribution >= 4 is 28.8 Å². The largest absolute Gasteiger partial charge is 0.497 e. The summed E-state index contributed by atoms with van der Waals surface area (Å²) in [5.41, 5.74) is 2.13. The first-order valence-electron chi connectivity index (χ1n) is 15.5. The molecule has 1 aliphatic carbocycles. The predicted octanol–water partition coefficient (Wildman–Crippen LogP) is 7.05. The summed E-state index contributed by atoms with van der Waals surface area (Å²) in [5.74, 6) is 0.280. The molecule has 242 valence electrons. The molecule has 2 aliphatic rings. The fourth-order valence-corrected chi connectivity index (χ4v) is 6.29. The molecule has 6 rings (SSSR count). The number of methoxy groups -OCH3 is 2. The highest BCUT2D eigenvalue weighted by molar-refractivity contribution is 6.07. The molecule has 0 spiro atoms. The summed E-state index contributed by atoms with van der Waals surface area (Å²) < 4.78 is 38.7. The van der Waals surface area contributed by atoms with Crippen LogP contribution in [0.25, 0.3) is 22.2 Å². The van der Waals surface area contributed by atoms with Gasteiger partial charge in [-0.05, 0) is 51.8 Å². The van der Waals surface area contributed by atoms with Gasteiger partial charge in [-0.3, -0.25) is 4.79 Å². The normalized spacial score (nSPS) is 18.0. The van der Waals surface area contributed by atoms with E-state index in [2.05, 4.69) is 10.6 Å². The van der Waals surface area contributed by atoms with E-state index in [1.54, 1.807) is 37.5 Å². The maximum atomic E-state index is 16.5. The molecule has 0 bridgehead atoms. The molecular weight excluding hydrogens is 591 g/mol. The highest BCUT2D eigenvalue weighted by atomic mass is 19.1. The molecule has 2 aromatic heterocycles. The number of amides is 2. The van der Waals surface area contributed by atoms with Gasteiger partial charge in [0, 0.05) is 40.7 Å². The number of nitrogens with zero attached hydrogens (tertiary/aromatic N) is 2. The second-order valence-corrected chi connectivity index (χ2v) is 12.7. The molecule has 10 nitrogen and oxygen atoms in total. The van der Waals surface area contributed by atoms with E-state index in [1.807, 2.05) is 51.1 Å². The molecule has 1 saturated carbocycles. The zero-order chi connectivity index (χ0) is 32.6. The fourth-order valence-electron chi connectivity index (χ4n) is 6.29. The minimum absolute atomic E-state index is 0.0265. The first-order valence-corrected chi connectivity index (χ1v) is 15.5. The molecule has 11 heteroatoms. The Morgan fingerprint density at radius 2 is 1.85 bits per heavy atom. The van der Waals surface area contributed by atoms with Gasteiger partial charge in [-0.15, -0.1) is 0 Å². The number of nitrogens with one attached hydrogen (secondary N) is 2. The lowest BCUT2D eigenvalue weighted by atomic mass is 9.90. The van der Waals surface area contributed by atoms with Gasteiger partial charge in [0.05, 0.1) is 38.1 Å². The number of pyridine rings is 1. The summed E-state index contributed by atoms with van der Waals surface area (Å²) >= 11 is 0. The summed E-state index contributed by atoms with van der Waals surface area (Å²) in [6.07, 6.45) is 4.28. The van der Waals surface area contributed by atoms with Gasteiger partial charge in [-0.1, -0.05) is 31.0 Å². The van der Waals surface area contributed by atoms with Gasteiger partial charge in [-0.25, -0.2) is 14.2 Å². The SMILES string of the molecule is COc1ccc(CN2Cc3c(F)c(N[C@@H]4CCCC[C@@H]4NC(=O)OC(C)(C)C)nc(-c4coc5ccccc45)c3C2=O)c(OC)c1. The van der Waals surface area contributed by atoms with E-state index in [4.69, 9.17) is 23.6 Å². The zero-order valence-electron chi connectivity index (χ0n) is 26.7. The topological polar surface area (TPSA) is 115 Å². The van der Waals surface area contributed by atoms with Crippen LogP contribution < -0.4 is 20.1 Å². The number of fused-ring (bicyclic) bond motifs is 2. The van der Waals surface area contributed by atoms with Crippen molar-refractivity contribution in [2.45, 2.75) is 77.2 Å². The number of aromatic nitrogens is 1. The fraction of sp³-hybridized carbons (Fsp3) is 0.400. The van der Waals surface area contributed by atoms with Crippen molar-refractivity contribution in [1.82, 2.24) is 15.2 Å². The molecule has 0 radical (unpaired) electrons. The average Bonchev–Trinajstić information content (AvgIpc) is 3.60. The van der Waals surface area contributed by atoms with Crippen LogP contribution in [0.3, 0.4) is 0 Å². The zero-order valence-corrected chi connectivity index (χ0v) is 26.7. The number of furan rings is 1. The molecule has 0 unspecified atom stereocenters. The van der Waals surface area contributed by atoms with Crippen LogP contribution in [0.5, 0.6) is 11.5 Å². The lowest BCUT2D eigenvalue weighted by Crippen LogP contribution is -2.50. The quantitative estimate of drug-likeness (QED) is 0.213. The van der Waals surface area contributed by atoms with Crippen LogP contribution in [0, 0.1) is 5.82 Å². The molecule has 1 aliphatic heterocycles. The monoisotopic (exact) mass is 630 g/mol. The van der Waals surface area contributed by atoms with Crippen molar-refractivity contribution in [1.29, 1.82) is 0 Å². The highest BCUT2D eigenvalue weighted by Crippen LogP contribution is 2.40. The molecular formula is C35H39FN4O6. The maximum Gasteiger partial charge on any atom is 0.407 e. The van der Waals surface area contributed by atoms with Gasteiger partial charge in [0.15, 0.2) is 11.6 Å². The Balaban J connectivity index is 1.38. The van der Waals surface area contributed by atoms with E-state index in [-0.39, 0.29) is 48.0 Å². The molecule has 4 aromatic rings. The molecule has 2 amide bonds. The van der Waals surface area contributed by atoms with Crippen molar-refractivity contribution < 1.29 is 32.6 Å². The summed E-state index contributed by atoms with van der Waals surface area (Å²) in [6, 6.07) is 12.3. The van der Waals surface area contributed by atoms with Crippen LogP contribution in [0.1, 0.15) is 67.9 Å². The van der Waals surface area contributed by atoms with E-state index in [0.29, 0.717) is 41.2 Å². The molecule has 46 heavy (non-hydrogen) atoms. The summed E-state index contributed by atoms with van der Waals surface area (Å²) in [5, 5.41) is 7.04. The van der Waals surface area contributed by atoms with Crippen molar-refractivity contribution in [3.05, 3.63) is 71.2 Å². The number of carbonyl (C=O) groups excluding carboxylic acids is 2. The lowest BCUT2D eigenvalue weighted by molar-refractivity contribution is 0.0488. The number of rotatable bonds is 8. The Morgan fingerprint density at radius 3 is 2.59 bits per heavy atom. The van der Waals surface area contributed by atoms with Crippen LogP contribution in [0.2, 0.25) is 0 Å². The van der Waals surface area contributed by atoms with Crippen LogP contribution in [-0.2, 0) is 17.8 Å². The number of alkyl carbamates (subject to hydrolysis) is 1. The van der Waals surface area contributed by atoms with E-state index in [0.717, 1.165) is 23.8 Å². The minimum Gasteiger partial charge on any atom is -0.497 e. The lowest BCUT2D eigenvalue weighted by Gasteiger charge is -2.34. The predicted molar refractivity (Wildman–Crippen MR) is 172 cm³/mol. The average molecular weight is 631 g/mol. The number of hydrogen-bond donors (Lipinski definition) is 2. The van der Waals surface area contributed by atoms with Crippen molar-refractivity contribution in [3.8, 4) is 22.8 Å². The standard InChI is InChI=1S/C35H39FN4O6/c1-35(2,3)46-34(42)38-26-12-8-7-11-25(26)37-32-30(36)23-18-40(17-20-14-15-21(43-4)16-28(20)44-5)33(41)29(23)31(39-32)24-19-45-27-13-9-6-10-22(24)27/h6,9-10,13-16,19,25-26H,7-8,11-12,17-18H2,1-5H3,(H,37,39)(H,38,42)/t25-,26+/m1/s1. The Bertz CT molecular complexity index is 1780. The van der Waals surface area contributed by atoms with Gasteiger partial charge in [0.25, 0.3) is 5.91 Å². The van der Waals surface area contributed by atoms with Crippen LogP contribution in [0.15, 0.2) is 53.1 Å². The van der Waals surface area contributed by atoms with Crippen LogP contribution in [-0.4, -0.2) is 53.8 Å². The second kappa shape index (κ2) is 12.5. The van der Waals surface area contributed by atoms with Gasteiger partial charge >= 0.3 is 6.09 Å². The highest BCUT2D eigenvalue weighted by Gasteiger charge is 2.38. The van der Waals surface area contributed by atoms with E-state index >= 15 is 4.39 Å². The number of hydrogen-bond acceptors (Lipinski definition) is 8. The molecule has 1 fully saturated rings.